The lowest BCUT2D eigenvalue weighted by atomic mass is 10.2. The third-order valence-electron chi connectivity index (χ3n) is 3.50. The first-order valence-electron chi connectivity index (χ1n) is 7.57. The number of nitro benzene ring substituents is 1. The molecular weight excluding hydrogens is 324 g/mol. The van der Waals surface area contributed by atoms with Crippen LogP contribution >= 0.6 is 0 Å². The van der Waals surface area contributed by atoms with Crippen LogP contribution in [-0.4, -0.2) is 33.4 Å². The number of methoxy groups -OCH3 is 1. The molecule has 1 heterocycles. The number of hydrogen-bond donors (Lipinski definition) is 0. The van der Waals surface area contributed by atoms with Crippen molar-refractivity contribution in [3.8, 4) is 22.9 Å². The van der Waals surface area contributed by atoms with E-state index in [1.165, 1.54) is 12.1 Å². The molecule has 0 saturated heterocycles. The van der Waals surface area contributed by atoms with Gasteiger partial charge in [-0.15, -0.1) is 0 Å². The SMILES string of the molecule is COc1ccccc1OCCn1cnc(-c2cccc([N+](=O)[O-])c2)n1. The van der Waals surface area contributed by atoms with Crippen LogP contribution in [0.1, 0.15) is 0 Å². The summed E-state index contributed by atoms with van der Waals surface area (Å²) in [6.07, 6.45) is 1.57. The van der Waals surface area contributed by atoms with Gasteiger partial charge in [-0.05, 0) is 12.1 Å². The van der Waals surface area contributed by atoms with Crippen LogP contribution in [0, 0.1) is 10.1 Å². The van der Waals surface area contributed by atoms with Crippen molar-refractivity contribution < 1.29 is 14.4 Å². The molecule has 2 aromatic carbocycles. The number of non-ortho nitro benzene ring substituents is 1. The van der Waals surface area contributed by atoms with Gasteiger partial charge in [0.25, 0.3) is 5.69 Å². The molecule has 8 nitrogen and oxygen atoms in total. The molecule has 128 valence electrons. The lowest BCUT2D eigenvalue weighted by Gasteiger charge is -2.09. The van der Waals surface area contributed by atoms with Crippen LogP contribution in [0.2, 0.25) is 0 Å². The van der Waals surface area contributed by atoms with Gasteiger partial charge in [0, 0.05) is 17.7 Å². The number of para-hydroxylation sites is 2. The summed E-state index contributed by atoms with van der Waals surface area (Å²) < 4.78 is 12.5. The summed E-state index contributed by atoms with van der Waals surface area (Å²) in [6.45, 7) is 0.873. The second kappa shape index (κ2) is 7.43. The summed E-state index contributed by atoms with van der Waals surface area (Å²) in [7, 11) is 1.59. The first-order valence-corrected chi connectivity index (χ1v) is 7.57. The number of aromatic nitrogens is 3. The number of ether oxygens (including phenoxy) is 2. The predicted molar refractivity (Wildman–Crippen MR) is 90.6 cm³/mol. The zero-order valence-corrected chi connectivity index (χ0v) is 13.5. The number of hydrogen-bond acceptors (Lipinski definition) is 6. The summed E-state index contributed by atoms with van der Waals surface area (Å²) in [5.41, 5.74) is 0.604. The molecule has 0 aliphatic rings. The molecule has 0 N–H and O–H groups in total. The first kappa shape index (κ1) is 16.4. The molecular formula is C17H16N4O4. The highest BCUT2D eigenvalue weighted by Gasteiger charge is 2.10. The van der Waals surface area contributed by atoms with Gasteiger partial charge in [-0.2, -0.15) is 5.10 Å². The van der Waals surface area contributed by atoms with Crippen molar-refractivity contribution >= 4 is 5.69 Å². The van der Waals surface area contributed by atoms with E-state index in [9.17, 15) is 10.1 Å². The topological polar surface area (TPSA) is 92.3 Å². The van der Waals surface area contributed by atoms with Crippen molar-refractivity contribution in [1.29, 1.82) is 0 Å². The van der Waals surface area contributed by atoms with Gasteiger partial charge in [-0.3, -0.25) is 10.1 Å². The summed E-state index contributed by atoms with van der Waals surface area (Å²) in [6, 6.07) is 13.6. The highest BCUT2D eigenvalue weighted by molar-refractivity contribution is 5.58. The molecule has 0 unspecified atom stereocenters. The Kier molecular flexibility index (Phi) is 4.89. The Morgan fingerprint density at radius 1 is 1.16 bits per heavy atom. The van der Waals surface area contributed by atoms with Gasteiger partial charge in [-0.25, -0.2) is 9.67 Å². The van der Waals surface area contributed by atoms with Gasteiger partial charge in [0.1, 0.15) is 12.9 Å². The molecule has 0 atom stereocenters. The van der Waals surface area contributed by atoms with Crippen LogP contribution in [-0.2, 0) is 6.54 Å². The van der Waals surface area contributed by atoms with Crippen LogP contribution in [0.25, 0.3) is 11.4 Å². The average Bonchev–Trinajstić information content (AvgIpc) is 3.11. The lowest BCUT2D eigenvalue weighted by molar-refractivity contribution is -0.384. The molecule has 8 heteroatoms. The number of nitro groups is 1. The molecule has 3 rings (SSSR count). The minimum absolute atomic E-state index is 0.00774. The van der Waals surface area contributed by atoms with E-state index in [2.05, 4.69) is 10.1 Å². The molecule has 0 bridgehead atoms. The molecule has 25 heavy (non-hydrogen) atoms. The van der Waals surface area contributed by atoms with Crippen LogP contribution in [0.15, 0.2) is 54.9 Å². The van der Waals surface area contributed by atoms with Gasteiger partial charge in [0.2, 0.25) is 0 Å². The largest absolute Gasteiger partial charge is 0.493 e. The van der Waals surface area contributed by atoms with E-state index >= 15 is 0 Å². The van der Waals surface area contributed by atoms with Crippen molar-refractivity contribution in [3.63, 3.8) is 0 Å². The van der Waals surface area contributed by atoms with E-state index in [-0.39, 0.29) is 5.69 Å². The van der Waals surface area contributed by atoms with Gasteiger partial charge in [0.05, 0.1) is 18.6 Å². The molecule has 0 spiro atoms. The summed E-state index contributed by atoms with van der Waals surface area (Å²) in [4.78, 5) is 14.6. The fraction of sp³-hybridized carbons (Fsp3) is 0.176. The summed E-state index contributed by atoms with van der Waals surface area (Å²) in [5.74, 6) is 1.75. The number of rotatable bonds is 7. The Morgan fingerprint density at radius 3 is 2.72 bits per heavy atom. The number of benzene rings is 2. The van der Waals surface area contributed by atoms with Crippen molar-refractivity contribution in [2.24, 2.45) is 0 Å². The molecule has 0 aliphatic heterocycles. The monoisotopic (exact) mass is 340 g/mol. The highest BCUT2D eigenvalue weighted by atomic mass is 16.6. The average molecular weight is 340 g/mol. The van der Waals surface area contributed by atoms with Gasteiger partial charge >= 0.3 is 0 Å². The minimum Gasteiger partial charge on any atom is -0.493 e. The van der Waals surface area contributed by atoms with E-state index in [1.54, 1.807) is 30.3 Å². The smallest absolute Gasteiger partial charge is 0.270 e. The van der Waals surface area contributed by atoms with Crippen LogP contribution in [0.3, 0.4) is 0 Å². The Morgan fingerprint density at radius 2 is 1.96 bits per heavy atom. The molecule has 0 amide bonds. The Hall–Kier alpha value is -3.42. The fourth-order valence-corrected chi connectivity index (χ4v) is 2.28. The quantitative estimate of drug-likeness (QED) is 0.485. The zero-order chi connectivity index (χ0) is 17.6. The molecule has 0 saturated carbocycles. The third-order valence-corrected chi connectivity index (χ3v) is 3.50. The van der Waals surface area contributed by atoms with Crippen LogP contribution in [0.4, 0.5) is 5.69 Å². The van der Waals surface area contributed by atoms with Crippen molar-refractivity contribution in [1.82, 2.24) is 14.8 Å². The van der Waals surface area contributed by atoms with Gasteiger partial charge in [0.15, 0.2) is 17.3 Å². The highest BCUT2D eigenvalue weighted by Crippen LogP contribution is 2.25. The van der Waals surface area contributed by atoms with Crippen molar-refractivity contribution in [2.75, 3.05) is 13.7 Å². The summed E-state index contributed by atoms with van der Waals surface area (Å²) >= 11 is 0. The lowest BCUT2D eigenvalue weighted by Crippen LogP contribution is -2.09. The van der Waals surface area contributed by atoms with Crippen molar-refractivity contribution in [3.05, 3.63) is 65.0 Å². The maximum atomic E-state index is 10.9. The summed E-state index contributed by atoms with van der Waals surface area (Å²) in [5, 5.41) is 15.2. The predicted octanol–water partition coefficient (Wildman–Crippen LogP) is 2.94. The second-order valence-electron chi connectivity index (χ2n) is 5.14. The van der Waals surface area contributed by atoms with E-state index in [1.807, 2.05) is 24.3 Å². The van der Waals surface area contributed by atoms with E-state index in [0.29, 0.717) is 36.0 Å². The van der Waals surface area contributed by atoms with Crippen molar-refractivity contribution in [2.45, 2.75) is 6.54 Å². The Balaban J connectivity index is 1.64. The maximum Gasteiger partial charge on any atom is 0.270 e. The molecule has 0 aliphatic carbocycles. The molecule has 0 radical (unpaired) electrons. The maximum absolute atomic E-state index is 10.9. The Bertz CT molecular complexity index is 878. The van der Waals surface area contributed by atoms with E-state index in [4.69, 9.17) is 9.47 Å². The number of nitrogens with zero attached hydrogens (tertiary/aromatic N) is 4. The third kappa shape index (κ3) is 3.92. The molecule has 3 aromatic rings. The van der Waals surface area contributed by atoms with Crippen LogP contribution in [0.5, 0.6) is 11.5 Å². The van der Waals surface area contributed by atoms with Gasteiger partial charge in [-0.1, -0.05) is 24.3 Å². The zero-order valence-electron chi connectivity index (χ0n) is 13.5. The Labute approximate surface area is 143 Å². The normalized spacial score (nSPS) is 10.4. The minimum atomic E-state index is -0.443. The molecule has 0 fully saturated rings. The molecule has 1 aromatic heterocycles. The second-order valence-corrected chi connectivity index (χ2v) is 5.14. The first-order chi connectivity index (χ1) is 12.2. The van der Waals surface area contributed by atoms with E-state index in [0.717, 1.165) is 0 Å². The fourth-order valence-electron chi connectivity index (χ4n) is 2.28. The van der Waals surface area contributed by atoms with Gasteiger partial charge < -0.3 is 9.47 Å². The van der Waals surface area contributed by atoms with E-state index < -0.39 is 4.92 Å². The van der Waals surface area contributed by atoms with Crippen LogP contribution < -0.4 is 9.47 Å². The standard InChI is InChI=1S/C17H16N4O4/c1-24-15-7-2-3-8-16(15)25-10-9-20-12-18-17(19-20)13-5-4-6-14(11-13)21(22)23/h2-8,11-12H,9-10H2,1H3.